The quantitative estimate of drug-likeness (QED) is 0.311. The average molecular weight is 277 g/mol. The fourth-order valence-electron chi connectivity index (χ4n) is 1.18. The first-order valence-electron chi connectivity index (χ1n) is 5.55. The lowest BCUT2D eigenvalue weighted by atomic mass is 10.6. The Hall–Kier alpha value is -0.393. The molecule has 3 nitrogen and oxygen atoms in total. The lowest BCUT2D eigenvalue weighted by Gasteiger charge is -2.28. The third-order valence-electron chi connectivity index (χ3n) is 1.88. The molecule has 17 heavy (non-hydrogen) atoms. The van der Waals surface area contributed by atoms with Gasteiger partial charge in [-0.15, -0.1) is 31.3 Å². The van der Waals surface area contributed by atoms with Crippen LogP contribution in [0.4, 0.5) is 0 Å². The molecule has 0 aliphatic heterocycles. The molecule has 0 bridgehead atoms. The summed E-state index contributed by atoms with van der Waals surface area (Å²) in [6.45, 7) is 12.1. The summed E-state index contributed by atoms with van der Waals surface area (Å²) >= 11 is 5.70. The Morgan fingerprint density at radius 3 is 1.59 bits per heavy atom. The van der Waals surface area contributed by atoms with Crippen LogP contribution in [-0.2, 0) is 13.3 Å². The van der Waals surface area contributed by atoms with Gasteiger partial charge in [0.15, 0.2) is 0 Å². The van der Waals surface area contributed by atoms with Crippen molar-refractivity contribution in [3.05, 3.63) is 38.0 Å². The molecule has 0 aliphatic rings. The molecule has 0 spiro atoms. The summed E-state index contributed by atoms with van der Waals surface area (Å²) in [6.07, 6.45) is 5.82. The highest BCUT2D eigenvalue weighted by Gasteiger charge is 2.39. The maximum atomic E-state index is 5.71. The maximum Gasteiger partial charge on any atom is 0.501 e. The molecule has 0 aromatic rings. The molecule has 0 saturated heterocycles. The first-order chi connectivity index (χ1) is 8.24. The summed E-state index contributed by atoms with van der Waals surface area (Å²) in [4.78, 5) is 0. The molecule has 98 valence electrons. The highest BCUT2D eigenvalue weighted by Crippen LogP contribution is 2.18. The minimum atomic E-state index is -2.68. The standard InChI is InChI=1S/C12H21ClO3Si/c1-4-9-14-17(12-7-8-13,15-10-5-2)16-11-6-3/h4-6H,1-3,7-12H2. The molecular weight excluding hydrogens is 256 g/mol. The Bertz CT molecular complexity index is 203. The summed E-state index contributed by atoms with van der Waals surface area (Å²) in [5, 5.41) is 0. The molecule has 0 rings (SSSR count). The third-order valence-corrected chi connectivity index (χ3v) is 4.93. The van der Waals surface area contributed by atoms with Gasteiger partial charge in [-0.25, -0.2) is 0 Å². The molecule has 0 amide bonds. The Morgan fingerprint density at radius 2 is 1.29 bits per heavy atom. The van der Waals surface area contributed by atoms with Gasteiger partial charge in [0.2, 0.25) is 0 Å². The van der Waals surface area contributed by atoms with Gasteiger partial charge in [0.1, 0.15) is 0 Å². The number of halogens is 1. The summed E-state index contributed by atoms with van der Waals surface area (Å²) < 4.78 is 17.1. The molecule has 0 saturated carbocycles. The van der Waals surface area contributed by atoms with Gasteiger partial charge in [-0.1, -0.05) is 18.2 Å². The van der Waals surface area contributed by atoms with E-state index in [-0.39, 0.29) is 0 Å². The molecule has 0 fully saturated rings. The van der Waals surface area contributed by atoms with Gasteiger partial charge in [-0.05, 0) is 6.42 Å². The minimum absolute atomic E-state index is 0.406. The van der Waals surface area contributed by atoms with E-state index >= 15 is 0 Å². The van der Waals surface area contributed by atoms with E-state index in [1.165, 1.54) is 0 Å². The highest BCUT2D eigenvalue weighted by molar-refractivity contribution is 6.60. The lowest BCUT2D eigenvalue weighted by molar-refractivity contribution is 0.0859. The van der Waals surface area contributed by atoms with Crippen LogP contribution in [0.15, 0.2) is 38.0 Å². The molecule has 0 unspecified atom stereocenters. The van der Waals surface area contributed by atoms with Crippen LogP contribution in [0.3, 0.4) is 0 Å². The molecule has 0 aromatic heterocycles. The predicted molar refractivity (Wildman–Crippen MR) is 74.3 cm³/mol. The Kier molecular flexibility index (Phi) is 10.5. The van der Waals surface area contributed by atoms with Crippen molar-refractivity contribution >= 4 is 20.4 Å². The number of hydrogen-bond acceptors (Lipinski definition) is 3. The molecule has 0 N–H and O–H groups in total. The van der Waals surface area contributed by atoms with E-state index in [0.717, 1.165) is 6.42 Å². The summed E-state index contributed by atoms with van der Waals surface area (Å²) in [7, 11) is -2.68. The Balaban J connectivity index is 4.54. The molecule has 0 atom stereocenters. The first kappa shape index (κ1) is 16.6. The van der Waals surface area contributed by atoms with Gasteiger partial charge >= 0.3 is 8.80 Å². The smallest absolute Gasteiger partial charge is 0.370 e. The van der Waals surface area contributed by atoms with E-state index in [4.69, 9.17) is 24.9 Å². The van der Waals surface area contributed by atoms with E-state index in [0.29, 0.717) is 31.7 Å². The number of hydrogen-bond donors (Lipinski definition) is 0. The van der Waals surface area contributed by atoms with Crippen LogP contribution >= 0.6 is 11.6 Å². The zero-order valence-corrected chi connectivity index (χ0v) is 12.0. The van der Waals surface area contributed by atoms with Gasteiger partial charge in [0.05, 0.1) is 19.8 Å². The molecule has 5 heteroatoms. The molecule has 0 radical (unpaired) electrons. The van der Waals surface area contributed by atoms with Crippen LogP contribution in [0.2, 0.25) is 6.04 Å². The largest absolute Gasteiger partial charge is 0.501 e. The lowest BCUT2D eigenvalue weighted by Crippen LogP contribution is -2.46. The van der Waals surface area contributed by atoms with Gasteiger partial charge in [-0.3, -0.25) is 0 Å². The minimum Gasteiger partial charge on any atom is -0.370 e. The topological polar surface area (TPSA) is 27.7 Å². The van der Waals surface area contributed by atoms with Gasteiger partial charge in [-0.2, -0.15) is 0 Å². The SMILES string of the molecule is C=CCO[Si](CCCCl)(OCC=C)OCC=C. The van der Waals surface area contributed by atoms with Crippen molar-refractivity contribution in [1.82, 2.24) is 0 Å². The van der Waals surface area contributed by atoms with Crippen LogP contribution in [-0.4, -0.2) is 34.5 Å². The van der Waals surface area contributed by atoms with Crippen LogP contribution in [0.5, 0.6) is 0 Å². The van der Waals surface area contributed by atoms with E-state index < -0.39 is 8.80 Å². The van der Waals surface area contributed by atoms with Gasteiger partial charge < -0.3 is 13.3 Å². The third kappa shape index (κ3) is 7.52. The van der Waals surface area contributed by atoms with E-state index in [1.807, 2.05) is 0 Å². The summed E-state index contributed by atoms with van der Waals surface area (Å²) in [6, 6.07) is 0.687. The average Bonchev–Trinajstić information content (AvgIpc) is 2.37. The molecular formula is C12H21ClO3Si. The van der Waals surface area contributed by atoms with Crippen LogP contribution in [0, 0.1) is 0 Å². The first-order valence-corrected chi connectivity index (χ1v) is 8.02. The van der Waals surface area contributed by atoms with Gasteiger partial charge in [0.25, 0.3) is 0 Å². The van der Waals surface area contributed by atoms with Crippen LogP contribution in [0.1, 0.15) is 6.42 Å². The zero-order chi connectivity index (χ0) is 13.0. The highest BCUT2D eigenvalue weighted by atomic mass is 35.5. The van der Waals surface area contributed by atoms with Gasteiger partial charge in [0, 0.05) is 11.9 Å². The molecule has 0 heterocycles. The van der Waals surface area contributed by atoms with Crippen molar-refractivity contribution in [2.24, 2.45) is 0 Å². The van der Waals surface area contributed by atoms with Crippen LogP contribution < -0.4 is 0 Å². The van der Waals surface area contributed by atoms with Crippen molar-refractivity contribution in [2.75, 3.05) is 25.7 Å². The van der Waals surface area contributed by atoms with E-state index in [2.05, 4.69) is 19.7 Å². The second-order valence-corrected chi connectivity index (χ2v) is 6.38. The normalized spacial score (nSPS) is 11.1. The van der Waals surface area contributed by atoms with E-state index in [1.54, 1.807) is 18.2 Å². The van der Waals surface area contributed by atoms with Crippen molar-refractivity contribution in [3.63, 3.8) is 0 Å². The zero-order valence-electron chi connectivity index (χ0n) is 10.2. The summed E-state index contributed by atoms with van der Waals surface area (Å²) in [5.74, 6) is 0.557. The Morgan fingerprint density at radius 1 is 0.882 bits per heavy atom. The fourth-order valence-corrected chi connectivity index (χ4v) is 3.95. The summed E-state index contributed by atoms with van der Waals surface area (Å²) in [5.41, 5.74) is 0. The van der Waals surface area contributed by atoms with Crippen molar-refractivity contribution < 1.29 is 13.3 Å². The fraction of sp³-hybridized carbons (Fsp3) is 0.500. The molecule has 0 aromatic carbocycles. The predicted octanol–water partition coefficient (Wildman–Crippen LogP) is 3.16. The second kappa shape index (κ2) is 10.7. The molecule has 0 aliphatic carbocycles. The number of rotatable bonds is 12. The Labute approximate surface area is 110 Å². The van der Waals surface area contributed by atoms with Crippen molar-refractivity contribution in [1.29, 1.82) is 0 Å². The van der Waals surface area contributed by atoms with Crippen LogP contribution in [0.25, 0.3) is 0 Å². The van der Waals surface area contributed by atoms with Crippen molar-refractivity contribution in [2.45, 2.75) is 12.5 Å². The maximum absolute atomic E-state index is 5.71. The second-order valence-electron chi connectivity index (χ2n) is 3.27. The number of alkyl halides is 1. The van der Waals surface area contributed by atoms with E-state index in [9.17, 15) is 0 Å². The van der Waals surface area contributed by atoms with Crippen molar-refractivity contribution in [3.8, 4) is 0 Å². The monoisotopic (exact) mass is 276 g/mol.